The van der Waals surface area contributed by atoms with Crippen LogP contribution in [0.3, 0.4) is 0 Å². The second-order valence-electron chi connectivity index (χ2n) is 9.73. The van der Waals surface area contributed by atoms with Crippen molar-refractivity contribution in [3.63, 3.8) is 0 Å². The van der Waals surface area contributed by atoms with Gasteiger partial charge in [-0.2, -0.15) is 5.10 Å². The molecule has 1 aliphatic rings. The van der Waals surface area contributed by atoms with Crippen LogP contribution in [-0.4, -0.2) is 106 Å². The predicted molar refractivity (Wildman–Crippen MR) is 153 cm³/mol. The van der Waals surface area contributed by atoms with Crippen LogP contribution in [0.2, 0.25) is 0 Å². The Morgan fingerprint density at radius 2 is 1.58 bits per heavy atom. The van der Waals surface area contributed by atoms with E-state index >= 15 is 0 Å². The molecule has 2 aromatic rings. The summed E-state index contributed by atoms with van der Waals surface area (Å²) in [6.07, 6.45) is -0.903. The van der Waals surface area contributed by atoms with Gasteiger partial charge in [0, 0.05) is 38.7 Å². The van der Waals surface area contributed by atoms with Crippen molar-refractivity contribution in [1.29, 1.82) is 0 Å². The number of hydrogen-bond donors (Lipinski definition) is 2. The maximum atomic E-state index is 13.4. The molecule has 3 amide bonds. The van der Waals surface area contributed by atoms with E-state index in [1.807, 2.05) is 13.0 Å². The van der Waals surface area contributed by atoms with Crippen LogP contribution in [0.25, 0.3) is 5.69 Å². The van der Waals surface area contributed by atoms with Gasteiger partial charge in [-0.05, 0) is 38.8 Å². The van der Waals surface area contributed by atoms with Gasteiger partial charge in [-0.3, -0.25) is 14.4 Å². The lowest BCUT2D eigenvalue weighted by atomic mass is 10.1. The molecule has 14 heteroatoms. The number of hydrogen-bond acceptors (Lipinski definition) is 9. The molecule has 0 radical (unpaired) electrons. The molecule has 0 aliphatic carbocycles. The highest BCUT2D eigenvalue weighted by Gasteiger charge is 2.32. The molecule has 2 heterocycles. The number of aliphatic carboxylic acids is 1. The van der Waals surface area contributed by atoms with E-state index in [0.717, 1.165) is 0 Å². The van der Waals surface area contributed by atoms with E-state index in [0.29, 0.717) is 18.5 Å². The largest absolute Gasteiger partial charge is 0.481 e. The zero-order valence-corrected chi connectivity index (χ0v) is 24.7. The minimum atomic E-state index is -1.16. The van der Waals surface area contributed by atoms with Crippen molar-refractivity contribution in [2.45, 2.75) is 58.6 Å². The van der Waals surface area contributed by atoms with E-state index in [2.05, 4.69) is 10.4 Å². The van der Waals surface area contributed by atoms with Gasteiger partial charge in [-0.1, -0.05) is 31.5 Å². The zero-order chi connectivity index (χ0) is 31.4. The topological polar surface area (TPSA) is 170 Å². The third-order valence-electron chi connectivity index (χ3n) is 6.64. The highest BCUT2D eigenvalue weighted by Crippen LogP contribution is 2.23. The van der Waals surface area contributed by atoms with Gasteiger partial charge in [0.05, 0.1) is 18.9 Å². The summed E-state index contributed by atoms with van der Waals surface area (Å²) in [6, 6.07) is 9.06. The van der Waals surface area contributed by atoms with Crippen LogP contribution >= 0.6 is 0 Å². The average Bonchev–Trinajstić information content (AvgIpc) is 3.43. The summed E-state index contributed by atoms with van der Waals surface area (Å²) in [5, 5.41) is 16.3. The minimum absolute atomic E-state index is 0.0989. The number of nitrogens with zero attached hydrogens (tertiary/aromatic N) is 4. The highest BCUT2D eigenvalue weighted by atomic mass is 16.6. The Hall–Kier alpha value is -4.62. The van der Waals surface area contributed by atoms with Gasteiger partial charge in [0.15, 0.2) is 11.8 Å². The van der Waals surface area contributed by atoms with Gasteiger partial charge in [-0.15, -0.1) is 0 Å². The summed E-state index contributed by atoms with van der Waals surface area (Å²) in [4.78, 5) is 65.7. The van der Waals surface area contributed by atoms with E-state index in [1.54, 1.807) is 38.1 Å². The fourth-order valence-electron chi connectivity index (χ4n) is 4.48. The molecule has 1 aromatic carbocycles. The number of carbonyl (C=O) groups excluding carboxylic acids is 4. The van der Waals surface area contributed by atoms with Crippen LogP contribution in [0.5, 0.6) is 5.88 Å². The van der Waals surface area contributed by atoms with Crippen molar-refractivity contribution in [3.8, 4) is 11.6 Å². The highest BCUT2D eigenvalue weighted by molar-refractivity contribution is 5.96. The predicted octanol–water partition coefficient (Wildman–Crippen LogP) is 2.25. The summed E-state index contributed by atoms with van der Waals surface area (Å²) in [5.74, 6) is -2.74. The molecule has 3 rings (SSSR count). The molecule has 1 saturated heterocycles. The Labute approximate surface area is 249 Å². The summed E-state index contributed by atoms with van der Waals surface area (Å²) in [6.45, 7) is 6.59. The first-order chi connectivity index (χ1) is 20.7. The molecule has 2 atom stereocenters. The Morgan fingerprint density at radius 3 is 2.19 bits per heavy atom. The van der Waals surface area contributed by atoms with Crippen LogP contribution < -0.4 is 10.1 Å². The smallest absolute Gasteiger partial charge is 0.409 e. The Balaban J connectivity index is 1.83. The second kappa shape index (κ2) is 16.1. The van der Waals surface area contributed by atoms with Crippen molar-refractivity contribution in [1.82, 2.24) is 24.9 Å². The van der Waals surface area contributed by atoms with Crippen LogP contribution in [0.1, 0.15) is 56.9 Å². The van der Waals surface area contributed by atoms with Gasteiger partial charge in [0.2, 0.25) is 11.8 Å². The molecule has 1 aliphatic heterocycles. The van der Waals surface area contributed by atoms with Crippen molar-refractivity contribution in [2.24, 2.45) is 0 Å². The SMILES string of the molecule is CCC[C@H](Oc1cc(C(=O)NC(CCC(=O)O)C(=O)N2CCN(C(=O)OCC)CC2)nn1-c1ccccc1)C(=O)OCC. The second-order valence-corrected chi connectivity index (χ2v) is 9.73. The van der Waals surface area contributed by atoms with E-state index in [4.69, 9.17) is 14.2 Å². The van der Waals surface area contributed by atoms with Crippen molar-refractivity contribution < 1.29 is 43.3 Å². The normalized spacial score (nSPS) is 14.4. The van der Waals surface area contributed by atoms with E-state index < -0.39 is 42.0 Å². The summed E-state index contributed by atoms with van der Waals surface area (Å²) >= 11 is 0. The number of nitrogens with one attached hydrogen (secondary N) is 1. The van der Waals surface area contributed by atoms with Crippen molar-refractivity contribution in [3.05, 3.63) is 42.1 Å². The van der Waals surface area contributed by atoms with Gasteiger partial charge < -0.3 is 34.4 Å². The minimum Gasteiger partial charge on any atom is -0.481 e. The number of benzene rings is 1. The Kier molecular flexibility index (Phi) is 12.3. The van der Waals surface area contributed by atoms with Crippen molar-refractivity contribution >= 4 is 29.8 Å². The third-order valence-corrected chi connectivity index (χ3v) is 6.64. The van der Waals surface area contributed by atoms with E-state index in [9.17, 15) is 29.1 Å². The monoisotopic (exact) mass is 601 g/mol. The number of aromatic nitrogens is 2. The summed E-state index contributed by atoms with van der Waals surface area (Å²) in [5.41, 5.74) is 0.465. The number of carboxylic acid groups (broad SMARTS) is 1. The van der Waals surface area contributed by atoms with Gasteiger partial charge in [0.25, 0.3) is 5.91 Å². The number of rotatable bonds is 14. The molecule has 234 valence electrons. The first kappa shape index (κ1) is 32.9. The summed E-state index contributed by atoms with van der Waals surface area (Å²) < 4.78 is 17.5. The van der Waals surface area contributed by atoms with Gasteiger partial charge in [-0.25, -0.2) is 14.3 Å². The Bertz CT molecular complexity index is 1260. The van der Waals surface area contributed by atoms with Crippen LogP contribution in [0.15, 0.2) is 36.4 Å². The molecular formula is C29H39N5O9. The number of amides is 3. The maximum Gasteiger partial charge on any atom is 0.409 e. The zero-order valence-electron chi connectivity index (χ0n) is 24.7. The quantitative estimate of drug-likeness (QED) is 0.306. The van der Waals surface area contributed by atoms with Gasteiger partial charge in [0.1, 0.15) is 6.04 Å². The lowest BCUT2D eigenvalue weighted by Crippen LogP contribution is -2.56. The van der Waals surface area contributed by atoms with Crippen molar-refractivity contribution in [2.75, 3.05) is 39.4 Å². The van der Waals surface area contributed by atoms with Crippen LogP contribution in [0.4, 0.5) is 4.79 Å². The molecule has 1 aromatic heterocycles. The fraction of sp³-hybridized carbons (Fsp3) is 0.517. The first-order valence-corrected chi connectivity index (χ1v) is 14.4. The number of para-hydroxylation sites is 1. The maximum absolute atomic E-state index is 13.4. The van der Waals surface area contributed by atoms with E-state index in [-0.39, 0.29) is 63.8 Å². The molecule has 1 unspecified atom stereocenters. The number of carbonyl (C=O) groups is 5. The van der Waals surface area contributed by atoms with Crippen LogP contribution in [0, 0.1) is 0 Å². The molecule has 14 nitrogen and oxygen atoms in total. The number of carboxylic acids is 1. The molecule has 0 spiro atoms. The lowest BCUT2D eigenvalue weighted by molar-refractivity contribution is -0.152. The molecule has 1 fully saturated rings. The standard InChI is InChI=1S/C29H39N5O9/c1-4-10-23(28(39)41-5-2)43-24-19-22(31-34(24)20-11-8-7-9-12-20)26(37)30-21(13-14-25(35)36)27(38)32-15-17-33(18-16-32)29(40)42-6-3/h7-9,11-12,19,21,23H,4-6,10,13-18H2,1-3H3,(H,30,37)(H,35,36)/t21?,23-/m0/s1. The first-order valence-electron chi connectivity index (χ1n) is 14.4. The van der Waals surface area contributed by atoms with Crippen LogP contribution in [-0.2, 0) is 23.9 Å². The average molecular weight is 602 g/mol. The molecule has 0 saturated carbocycles. The Morgan fingerprint density at radius 1 is 0.930 bits per heavy atom. The number of piperazine rings is 1. The summed E-state index contributed by atoms with van der Waals surface area (Å²) in [7, 11) is 0. The molecule has 2 N–H and O–H groups in total. The lowest BCUT2D eigenvalue weighted by Gasteiger charge is -2.35. The number of esters is 1. The molecule has 43 heavy (non-hydrogen) atoms. The fourth-order valence-corrected chi connectivity index (χ4v) is 4.48. The van der Waals surface area contributed by atoms with Gasteiger partial charge >= 0.3 is 18.0 Å². The number of ether oxygens (including phenoxy) is 3. The molecule has 0 bridgehead atoms. The third kappa shape index (κ3) is 9.18. The molecular weight excluding hydrogens is 562 g/mol. The van der Waals surface area contributed by atoms with E-state index in [1.165, 1.54) is 20.5 Å².